The second-order valence-corrected chi connectivity index (χ2v) is 9.61. The third-order valence-electron chi connectivity index (χ3n) is 4.52. The van der Waals surface area contributed by atoms with E-state index in [1.807, 2.05) is 23.4 Å². The van der Waals surface area contributed by atoms with Gasteiger partial charge in [-0.05, 0) is 38.3 Å². The predicted octanol–water partition coefficient (Wildman–Crippen LogP) is 4.53. The van der Waals surface area contributed by atoms with E-state index >= 15 is 0 Å². The van der Waals surface area contributed by atoms with Crippen molar-refractivity contribution in [1.29, 1.82) is 0 Å². The van der Waals surface area contributed by atoms with Crippen molar-refractivity contribution in [1.82, 2.24) is 4.31 Å². The smallest absolute Gasteiger partial charge is 0.207 e. The molecule has 0 N–H and O–H groups in total. The van der Waals surface area contributed by atoms with E-state index in [4.69, 9.17) is 0 Å². The maximum Gasteiger partial charge on any atom is 0.243 e. The van der Waals surface area contributed by atoms with E-state index in [-0.39, 0.29) is 12.1 Å². The lowest BCUT2D eigenvalue weighted by atomic mass is 10.1. The Morgan fingerprint density at radius 3 is 2.41 bits per heavy atom. The van der Waals surface area contributed by atoms with Crippen LogP contribution in [0.3, 0.4) is 0 Å². The van der Waals surface area contributed by atoms with E-state index < -0.39 is 10.0 Å². The number of alkyl halides is 1. The highest BCUT2D eigenvalue weighted by Gasteiger charge is 2.45. The Morgan fingerprint density at radius 2 is 1.86 bits per heavy atom. The molecule has 0 aliphatic carbocycles. The summed E-state index contributed by atoms with van der Waals surface area (Å²) < 4.78 is 28.5. The standard InChI is InChI=1S/C17H26INO2S/c1-4-6-7-17-16(18)12-14(5-2)19(17)22(20,21)15-10-8-13(3)9-11-15/h8-11,14,16-17H,4-7,12H2,1-3H3/t14-,16-,17+/m1/s1. The molecular weight excluding hydrogens is 409 g/mol. The Hall–Kier alpha value is -0.140. The topological polar surface area (TPSA) is 37.4 Å². The van der Waals surface area contributed by atoms with Crippen molar-refractivity contribution in [3.05, 3.63) is 29.8 Å². The molecule has 5 heteroatoms. The molecule has 3 nitrogen and oxygen atoms in total. The van der Waals surface area contributed by atoms with Gasteiger partial charge in [0, 0.05) is 16.0 Å². The van der Waals surface area contributed by atoms with Gasteiger partial charge in [-0.1, -0.05) is 67.0 Å². The van der Waals surface area contributed by atoms with E-state index in [0.717, 1.165) is 37.7 Å². The number of sulfonamides is 1. The Balaban J connectivity index is 2.37. The molecule has 1 saturated heterocycles. The van der Waals surface area contributed by atoms with Gasteiger partial charge in [-0.15, -0.1) is 0 Å². The number of hydrogen-bond acceptors (Lipinski definition) is 2. The van der Waals surface area contributed by atoms with E-state index in [1.165, 1.54) is 0 Å². The number of hydrogen-bond donors (Lipinski definition) is 0. The van der Waals surface area contributed by atoms with Gasteiger partial charge in [0.15, 0.2) is 0 Å². The SMILES string of the molecule is CCCC[C@H]1[C@H](I)C[C@@H](CC)N1S(=O)(=O)c1ccc(C)cc1. The summed E-state index contributed by atoms with van der Waals surface area (Å²) in [6, 6.07) is 7.52. The summed E-state index contributed by atoms with van der Waals surface area (Å²) in [5.41, 5.74) is 1.08. The van der Waals surface area contributed by atoms with E-state index in [0.29, 0.717) is 8.82 Å². The highest BCUT2D eigenvalue weighted by atomic mass is 127. The molecule has 3 atom stereocenters. The van der Waals surface area contributed by atoms with Crippen molar-refractivity contribution in [2.24, 2.45) is 0 Å². The van der Waals surface area contributed by atoms with Crippen LogP contribution in [0.1, 0.15) is 51.5 Å². The molecule has 0 saturated carbocycles. The molecule has 0 radical (unpaired) electrons. The molecule has 0 aromatic heterocycles. The first-order chi connectivity index (χ1) is 10.4. The molecule has 1 heterocycles. The van der Waals surface area contributed by atoms with Crippen LogP contribution >= 0.6 is 22.6 Å². The number of benzene rings is 1. The molecule has 124 valence electrons. The minimum Gasteiger partial charge on any atom is -0.207 e. The highest BCUT2D eigenvalue weighted by molar-refractivity contribution is 14.1. The van der Waals surface area contributed by atoms with Gasteiger partial charge < -0.3 is 0 Å². The van der Waals surface area contributed by atoms with Crippen molar-refractivity contribution >= 4 is 32.6 Å². The first-order valence-electron chi connectivity index (χ1n) is 8.16. The average molecular weight is 435 g/mol. The van der Waals surface area contributed by atoms with Gasteiger partial charge in [0.05, 0.1) is 4.90 Å². The van der Waals surface area contributed by atoms with Crippen LogP contribution in [0.2, 0.25) is 0 Å². The summed E-state index contributed by atoms with van der Waals surface area (Å²) in [6.07, 6.45) is 5.00. The van der Waals surface area contributed by atoms with Crippen LogP contribution in [0, 0.1) is 6.92 Å². The first kappa shape index (κ1) is 18.2. The third-order valence-corrected chi connectivity index (χ3v) is 7.85. The molecular formula is C17H26INO2S. The molecule has 0 unspecified atom stereocenters. The van der Waals surface area contributed by atoms with Gasteiger partial charge in [0.25, 0.3) is 0 Å². The second kappa shape index (κ2) is 7.62. The van der Waals surface area contributed by atoms with E-state index in [2.05, 4.69) is 36.4 Å². The van der Waals surface area contributed by atoms with Crippen molar-refractivity contribution in [2.45, 2.75) is 73.8 Å². The average Bonchev–Trinajstić information content (AvgIpc) is 2.82. The van der Waals surface area contributed by atoms with Crippen molar-refractivity contribution < 1.29 is 8.42 Å². The normalized spacial score (nSPS) is 26.5. The second-order valence-electron chi connectivity index (χ2n) is 6.17. The summed E-state index contributed by atoms with van der Waals surface area (Å²) in [7, 11) is -3.40. The molecule has 1 fully saturated rings. The van der Waals surface area contributed by atoms with Crippen molar-refractivity contribution in [3.63, 3.8) is 0 Å². The molecule has 2 rings (SSSR count). The lowest BCUT2D eigenvalue weighted by molar-refractivity contribution is 0.302. The summed E-state index contributed by atoms with van der Waals surface area (Å²) in [6.45, 7) is 6.23. The minimum absolute atomic E-state index is 0.134. The van der Waals surface area contributed by atoms with Crippen LogP contribution in [0.15, 0.2) is 29.2 Å². The van der Waals surface area contributed by atoms with Crippen LogP contribution in [0.25, 0.3) is 0 Å². The van der Waals surface area contributed by atoms with Crippen LogP contribution < -0.4 is 0 Å². The lowest BCUT2D eigenvalue weighted by Gasteiger charge is -2.29. The number of rotatable bonds is 6. The third kappa shape index (κ3) is 3.67. The molecule has 1 aliphatic heterocycles. The highest BCUT2D eigenvalue weighted by Crippen LogP contribution is 2.38. The fourth-order valence-corrected chi connectivity index (χ4v) is 6.70. The predicted molar refractivity (Wildman–Crippen MR) is 100 cm³/mol. The van der Waals surface area contributed by atoms with Gasteiger partial charge in [0.1, 0.15) is 0 Å². The number of halogens is 1. The van der Waals surface area contributed by atoms with Crippen molar-refractivity contribution in [2.75, 3.05) is 0 Å². The fourth-order valence-electron chi connectivity index (χ4n) is 3.23. The molecule has 1 aromatic carbocycles. The monoisotopic (exact) mass is 435 g/mol. The van der Waals surface area contributed by atoms with Gasteiger partial charge in [-0.25, -0.2) is 8.42 Å². The zero-order chi connectivity index (χ0) is 16.3. The Bertz CT molecular complexity index is 585. The Kier molecular flexibility index (Phi) is 6.30. The molecule has 0 bridgehead atoms. The summed E-state index contributed by atoms with van der Waals surface area (Å²) in [4.78, 5) is 0.434. The molecule has 1 aliphatic rings. The molecule has 0 amide bonds. The number of nitrogens with zero attached hydrogens (tertiary/aromatic N) is 1. The van der Waals surface area contributed by atoms with Crippen molar-refractivity contribution in [3.8, 4) is 0 Å². The van der Waals surface area contributed by atoms with E-state index in [1.54, 1.807) is 12.1 Å². The summed E-state index contributed by atoms with van der Waals surface area (Å²) in [5, 5.41) is 0. The van der Waals surface area contributed by atoms with Gasteiger partial charge >= 0.3 is 0 Å². The van der Waals surface area contributed by atoms with Crippen LogP contribution in [0.5, 0.6) is 0 Å². The molecule has 22 heavy (non-hydrogen) atoms. The van der Waals surface area contributed by atoms with Gasteiger partial charge in [-0.3, -0.25) is 0 Å². The zero-order valence-electron chi connectivity index (χ0n) is 13.6. The van der Waals surface area contributed by atoms with Gasteiger partial charge in [0.2, 0.25) is 10.0 Å². The lowest BCUT2D eigenvalue weighted by Crippen LogP contribution is -2.42. The fraction of sp³-hybridized carbons (Fsp3) is 0.647. The van der Waals surface area contributed by atoms with Crippen LogP contribution in [0.4, 0.5) is 0 Å². The summed E-state index contributed by atoms with van der Waals surface area (Å²) in [5.74, 6) is 0. The summed E-state index contributed by atoms with van der Waals surface area (Å²) >= 11 is 2.45. The number of unbranched alkanes of at least 4 members (excludes halogenated alkanes) is 1. The molecule has 0 spiro atoms. The number of aryl methyl sites for hydroxylation is 1. The largest absolute Gasteiger partial charge is 0.243 e. The molecule has 1 aromatic rings. The maximum absolute atomic E-state index is 13.2. The van der Waals surface area contributed by atoms with E-state index in [9.17, 15) is 8.42 Å². The Morgan fingerprint density at radius 1 is 1.23 bits per heavy atom. The van der Waals surface area contributed by atoms with Crippen LogP contribution in [-0.4, -0.2) is 28.7 Å². The Labute approximate surface area is 148 Å². The minimum atomic E-state index is -3.40. The quantitative estimate of drug-likeness (QED) is 0.487. The van der Waals surface area contributed by atoms with Gasteiger partial charge in [-0.2, -0.15) is 4.31 Å². The first-order valence-corrected chi connectivity index (χ1v) is 10.8. The maximum atomic E-state index is 13.2. The zero-order valence-corrected chi connectivity index (χ0v) is 16.6. The van der Waals surface area contributed by atoms with Crippen LogP contribution in [-0.2, 0) is 10.0 Å².